The number of aromatic nitrogens is 13. The first-order chi connectivity index (χ1) is 72.5. The molecule has 9 heterocycles. The molecule has 0 fully saturated rings. The fourth-order valence-corrected chi connectivity index (χ4v) is 22.2. The number of nitrogens with zero attached hydrogens (tertiary/aromatic N) is 13. The van der Waals surface area contributed by atoms with Gasteiger partial charge in [-0.3, -0.25) is 4.57 Å². The Labute approximate surface area is 838 Å². The molecular weight excluding hydrogens is 1780 g/mol. The molecule has 0 bridgehead atoms. The van der Waals surface area contributed by atoms with Crippen LogP contribution in [-0.4, -0.2) is 62.3 Å². The largest absolute Gasteiger partial charge is 0.309 e. The van der Waals surface area contributed by atoms with Gasteiger partial charge in [-0.25, -0.2) is 34.9 Å². The van der Waals surface area contributed by atoms with Gasteiger partial charge in [-0.15, -0.1) is 0 Å². The minimum absolute atomic E-state index is 0.631. The minimum atomic E-state index is 0.631. The van der Waals surface area contributed by atoms with E-state index in [1.54, 1.807) is 0 Å². The molecule has 0 saturated carbocycles. The Morgan fingerprint density at radius 2 is 0.390 bits per heavy atom. The minimum Gasteiger partial charge on any atom is -0.309 e. The molecule has 146 heavy (non-hydrogen) atoms. The smallest absolute Gasteiger partial charge is 0.235 e. The third-order valence-electron chi connectivity index (χ3n) is 28.6. The van der Waals surface area contributed by atoms with E-state index in [2.05, 4.69) is 464 Å². The Hall–Kier alpha value is -19.9. The molecule has 0 aliphatic heterocycles. The van der Waals surface area contributed by atoms with Crippen molar-refractivity contribution in [2.75, 3.05) is 0 Å². The van der Waals surface area contributed by atoms with Crippen LogP contribution in [0.15, 0.2) is 516 Å². The zero-order chi connectivity index (χ0) is 96.2. The summed E-state index contributed by atoms with van der Waals surface area (Å²) in [4.78, 5) is 35.8. The van der Waals surface area contributed by atoms with Crippen molar-refractivity contribution in [3.8, 4) is 114 Å². The van der Waals surface area contributed by atoms with Crippen molar-refractivity contribution in [2.24, 2.45) is 0 Å². The fourth-order valence-electron chi connectivity index (χ4n) is 22.2. The Balaban J connectivity index is 0.000000106. The molecule has 0 saturated heterocycles. The molecule has 30 aromatic rings. The highest BCUT2D eigenvalue weighted by molar-refractivity contribution is 6.29. The molecule has 13 heteroatoms. The molecule has 0 spiro atoms. The summed E-state index contributed by atoms with van der Waals surface area (Å²) in [5, 5.41) is 16.8. The molecule has 0 unspecified atom stereocenters. The van der Waals surface area contributed by atoms with Crippen LogP contribution in [0.4, 0.5) is 0 Å². The average Bonchev–Trinajstić information content (AvgIpc) is 1.55. The van der Waals surface area contributed by atoms with Crippen LogP contribution < -0.4 is 0 Å². The van der Waals surface area contributed by atoms with Crippen molar-refractivity contribution in [3.63, 3.8) is 0 Å². The van der Waals surface area contributed by atoms with E-state index in [1.165, 1.54) is 109 Å². The molecule has 0 radical (unpaired) electrons. The van der Waals surface area contributed by atoms with Crippen LogP contribution in [0.1, 0.15) is 0 Å². The number of hydrogen-bond acceptors (Lipinski definition) is 7. The molecule has 0 aliphatic carbocycles. The van der Waals surface area contributed by atoms with E-state index in [9.17, 15) is 0 Å². The van der Waals surface area contributed by atoms with Crippen molar-refractivity contribution in [1.82, 2.24) is 62.3 Å². The molecule has 0 atom stereocenters. The Morgan fingerprint density at radius 3 is 0.788 bits per heavy atom. The predicted octanol–water partition coefficient (Wildman–Crippen LogP) is 33.4. The normalized spacial score (nSPS) is 11.7. The van der Waals surface area contributed by atoms with Crippen LogP contribution in [0.3, 0.4) is 0 Å². The summed E-state index contributed by atoms with van der Waals surface area (Å²) in [5.41, 5.74) is 31.5. The van der Waals surface area contributed by atoms with Gasteiger partial charge in [-0.2, -0.15) is 0 Å². The quantitative estimate of drug-likeness (QED) is 0.113. The molecular formula is C133H85N13. The van der Waals surface area contributed by atoms with Gasteiger partial charge < -0.3 is 22.8 Å². The second-order valence-corrected chi connectivity index (χ2v) is 36.9. The lowest BCUT2D eigenvalue weighted by atomic mass is 10.0. The lowest BCUT2D eigenvalue weighted by Crippen LogP contribution is -2.03. The predicted molar refractivity (Wildman–Crippen MR) is 603 cm³/mol. The lowest BCUT2D eigenvalue weighted by molar-refractivity contribution is 1.01. The molecule has 21 aromatic carbocycles. The highest BCUT2D eigenvalue weighted by Crippen LogP contribution is 2.48. The molecule has 682 valence electrons. The molecule has 0 N–H and O–H groups in total. The zero-order valence-electron chi connectivity index (χ0n) is 78.9. The summed E-state index contributed by atoms with van der Waals surface area (Å²) in [6.45, 7) is 0. The molecule has 9 aromatic heterocycles. The first-order valence-corrected chi connectivity index (χ1v) is 49.3. The van der Waals surface area contributed by atoms with Gasteiger partial charge in [0.05, 0.1) is 88.6 Å². The van der Waals surface area contributed by atoms with Crippen molar-refractivity contribution >= 4 is 153 Å². The summed E-state index contributed by atoms with van der Waals surface area (Å²) in [6.07, 6.45) is 0. The van der Waals surface area contributed by atoms with E-state index in [0.29, 0.717) is 29.2 Å². The maximum atomic E-state index is 5.36. The van der Waals surface area contributed by atoms with Gasteiger partial charge in [0, 0.05) is 137 Å². The third kappa shape index (κ3) is 14.1. The second kappa shape index (κ2) is 35.2. The van der Waals surface area contributed by atoms with Gasteiger partial charge in [0.15, 0.2) is 23.3 Å². The van der Waals surface area contributed by atoms with Crippen LogP contribution in [0.25, 0.3) is 266 Å². The Morgan fingerprint density at radius 1 is 0.130 bits per heavy atom. The molecule has 0 aliphatic rings. The van der Waals surface area contributed by atoms with Gasteiger partial charge in [-0.05, 0) is 139 Å². The number of para-hydroxylation sites is 11. The molecule has 13 nitrogen and oxygen atoms in total. The Kier molecular flexibility index (Phi) is 20.3. The molecule has 0 amide bonds. The first kappa shape index (κ1) is 84.2. The standard InChI is InChI=1S/C45H29N5.2C44H28N4/c1-4-15-30(16-5-1)43-46-44(31-17-6-2-7-18-31)48-45(47-43)32-19-14-22-34(29-32)49-39-26-13-11-24-37(39)41-40(49)28-27-36-35-23-10-12-25-38(35)50(42(36)41)33-20-8-3-9-21-33;1-3-14-29(15-4-1)42-35-21-7-10-23-37(35)45-44(46-42)30-16-13-19-32(28-30)47-39-25-12-9-22-36(39)41-40(47)27-26-34-33-20-8-11-24-38(33)48(43(34)41)31-17-5-2-6-18-31;1-3-13-29(14-4-1)30-23-25-31(26-24-30)42-35-18-7-10-20-37(35)45-44(46-42)48-39-22-12-9-19-36(39)41-40(48)28-27-34-33-17-8-11-21-38(33)47(43(34)41)32-15-5-2-6-16-32/h1-29H;2*1-28H. The van der Waals surface area contributed by atoms with Crippen molar-refractivity contribution in [2.45, 2.75) is 0 Å². The van der Waals surface area contributed by atoms with Crippen LogP contribution in [-0.2, 0) is 0 Å². The van der Waals surface area contributed by atoms with Gasteiger partial charge in [0.2, 0.25) is 5.95 Å². The van der Waals surface area contributed by atoms with Crippen molar-refractivity contribution in [3.05, 3.63) is 516 Å². The van der Waals surface area contributed by atoms with E-state index in [0.717, 1.165) is 128 Å². The number of benzene rings is 21. The number of hydrogen-bond donors (Lipinski definition) is 0. The van der Waals surface area contributed by atoms with E-state index >= 15 is 0 Å². The van der Waals surface area contributed by atoms with Crippen LogP contribution in [0.2, 0.25) is 0 Å². The third-order valence-corrected chi connectivity index (χ3v) is 28.6. The van der Waals surface area contributed by atoms with Gasteiger partial charge in [0.1, 0.15) is 0 Å². The highest BCUT2D eigenvalue weighted by atomic mass is 15.2. The summed E-state index contributed by atoms with van der Waals surface area (Å²) < 4.78 is 14.3. The van der Waals surface area contributed by atoms with Crippen LogP contribution in [0, 0.1) is 0 Å². The van der Waals surface area contributed by atoms with Gasteiger partial charge in [-0.1, -0.05) is 388 Å². The number of fused-ring (bicyclic) bond motifs is 23. The first-order valence-electron chi connectivity index (χ1n) is 49.3. The fraction of sp³-hybridized carbons (Fsp3) is 0. The van der Waals surface area contributed by atoms with Crippen LogP contribution >= 0.6 is 0 Å². The summed E-state index contributed by atoms with van der Waals surface area (Å²) >= 11 is 0. The SMILES string of the molecule is c1ccc(-c2ccc(-c3nc(-n4c5ccccc5c5c4ccc4c6ccccc6n(-c6ccccc6)c45)nc4ccccc34)cc2)cc1.c1ccc(-c2nc(-c3cccc(-n4c5ccccc5c5c4ccc4c6ccccc6n(-c6ccccc6)c45)c3)nc3ccccc23)cc1.c1ccc(-c2nc(-c3ccccc3)nc(-c3cccc(-n4c5ccccc5c5c4ccc4c6ccccc6n(-c6ccccc6)c45)c3)n2)cc1. The van der Waals surface area contributed by atoms with E-state index in [4.69, 9.17) is 34.9 Å². The van der Waals surface area contributed by atoms with Gasteiger partial charge >= 0.3 is 0 Å². The van der Waals surface area contributed by atoms with E-state index < -0.39 is 0 Å². The van der Waals surface area contributed by atoms with E-state index in [1.807, 2.05) is 78.9 Å². The van der Waals surface area contributed by atoms with E-state index in [-0.39, 0.29) is 0 Å². The van der Waals surface area contributed by atoms with Gasteiger partial charge in [0.25, 0.3) is 0 Å². The summed E-state index contributed by atoms with van der Waals surface area (Å²) in [6, 6.07) is 181. The average molecular weight is 1870 g/mol. The lowest BCUT2D eigenvalue weighted by Gasteiger charge is -2.12. The maximum absolute atomic E-state index is 5.36. The molecule has 30 rings (SSSR count). The summed E-state index contributed by atoms with van der Waals surface area (Å²) in [7, 11) is 0. The summed E-state index contributed by atoms with van der Waals surface area (Å²) in [5.74, 6) is 3.29. The Bertz CT molecular complexity index is 10300. The highest BCUT2D eigenvalue weighted by Gasteiger charge is 2.28. The zero-order valence-corrected chi connectivity index (χ0v) is 78.9. The second-order valence-electron chi connectivity index (χ2n) is 36.9. The maximum Gasteiger partial charge on any atom is 0.235 e. The topological polar surface area (TPSA) is 120 Å². The monoisotopic (exact) mass is 1860 g/mol. The van der Waals surface area contributed by atoms with Crippen LogP contribution in [0.5, 0.6) is 0 Å². The number of rotatable bonds is 13. The van der Waals surface area contributed by atoms with Crippen molar-refractivity contribution < 1.29 is 0 Å². The van der Waals surface area contributed by atoms with Crippen molar-refractivity contribution in [1.29, 1.82) is 0 Å².